The minimum absolute atomic E-state index is 0.227. The fourth-order valence-corrected chi connectivity index (χ4v) is 3.87. The van der Waals surface area contributed by atoms with Crippen molar-refractivity contribution in [3.63, 3.8) is 0 Å². The van der Waals surface area contributed by atoms with Crippen molar-refractivity contribution >= 4 is 11.8 Å². The van der Waals surface area contributed by atoms with Gasteiger partial charge in [0.25, 0.3) is 5.56 Å². The number of nitrogens with one attached hydrogen (secondary N) is 1. The van der Waals surface area contributed by atoms with Crippen LogP contribution in [0.25, 0.3) is 0 Å². The van der Waals surface area contributed by atoms with E-state index in [4.69, 9.17) is 18.9 Å². The third-order valence-electron chi connectivity index (χ3n) is 5.41. The summed E-state index contributed by atoms with van der Waals surface area (Å²) in [6.45, 7) is 1.68. The second kappa shape index (κ2) is 8.21. The predicted octanol–water partition coefficient (Wildman–Crippen LogP) is 1.11. The molecule has 0 amide bonds. The first-order valence-electron chi connectivity index (χ1n) is 9.37. The minimum Gasteiger partial charge on any atom is -0.493 e. The van der Waals surface area contributed by atoms with Crippen molar-refractivity contribution in [3.05, 3.63) is 55.4 Å². The van der Waals surface area contributed by atoms with Gasteiger partial charge in [-0.1, -0.05) is 0 Å². The normalized spacial score (nSPS) is 15.1. The van der Waals surface area contributed by atoms with Crippen LogP contribution in [0, 0.1) is 0 Å². The van der Waals surface area contributed by atoms with Gasteiger partial charge >= 0.3 is 11.7 Å². The Kier molecular flexibility index (Phi) is 5.83. The summed E-state index contributed by atoms with van der Waals surface area (Å²) in [7, 11) is 8.64. The lowest BCUT2D eigenvalue weighted by atomic mass is 9.82. The van der Waals surface area contributed by atoms with Crippen LogP contribution >= 0.6 is 0 Å². The lowest BCUT2D eigenvalue weighted by molar-refractivity contribution is -0.136. The monoisotopic (exact) mass is 431 g/mol. The minimum atomic E-state index is -0.845. The van der Waals surface area contributed by atoms with E-state index in [1.165, 1.54) is 40.1 Å². The standard InChI is InChI=1S/C21H25N3O7/c1-10-14(20(26)31-7)15(11-8-12(28-4)17(30-6)13(9-11)29-5)16-18(22-10)23(2)21(27)24(3)19(16)25/h8-9,15,22H,1-7H3. The van der Waals surface area contributed by atoms with Gasteiger partial charge in [0.15, 0.2) is 11.5 Å². The first kappa shape index (κ1) is 22.0. The van der Waals surface area contributed by atoms with Crippen molar-refractivity contribution in [1.82, 2.24) is 9.13 Å². The number of carbonyl (C=O) groups is 1. The van der Waals surface area contributed by atoms with Gasteiger partial charge in [0.1, 0.15) is 5.82 Å². The van der Waals surface area contributed by atoms with Crippen LogP contribution in [0.2, 0.25) is 0 Å². The van der Waals surface area contributed by atoms with E-state index in [1.807, 2.05) is 0 Å². The molecule has 1 N–H and O–H groups in total. The van der Waals surface area contributed by atoms with Crippen LogP contribution in [0.4, 0.5) is 5.82 Å². The van der Waals surface area contributed by atoms with Gasteiger partial charge in [0.2, 0.25) is 5.75 Å². The molecule has 1 aromatic carbocycles. The number of hydrogen-bond acceptors (Lipinski definition) is 8. The van der Waals surface area contributed by atoms with Gasteiger partial charge < -0.3 is 24.3 Å². The van der Waals surface area contributed by atoms with Crippen LogP contribution in [0.5, 0.6) is 17.2 Å². The van der Waals surface area contributed by atoms with Crippen molar-refractivity contribution in [2.75, 3.05) is 33.8 Å². The molecule has 0 radical (unpaired) electrons. The lowest BCUT2D eigenvalue weighted by Crippen LogP contribution is -2.43. The maximum atomic E-state index is 13.2. The van der Waals surface area contributed by atoms with Gasteiger partial charge in [0, 0.05) is 19.8 Å². The second-order valence-electron chi connectivity index (χ2n) is 7.01. The summed E-state index contributed by atoms with van der Waals surface area (Å²) in [5.41, 5.74) is 0.437. The number of fused-ring (bicyclic) bond motifs is 1. The number of methoxy groups -OCH3 is 4. The van der Waals surface area contributed by atoms with E-state index in [-0.39, 0.29) is 11.1 Å². The van der Waals surface area contributed by atoms with Gasteiger partial charge in [-0.15, -0.1) is 0 Å². The van der Waals surface area contributed by atoms with E-state index < -0.39 is 23.1 Å². The topological polar surface area (TPSA) is 110 Å². The zero-order valence-electron chi connectivity index (χ0n) is 18.5. The molecule has 10 nitrogen and oxygen atoms in total. The maximum Gasteiger partial charge on any atom is 0.336 e. The Bertz CT molecular complexity index is 1180. The van der Waals surface area contributed by atoms with E-state index in [0.29, 0.717) is 34.3 Å². The van der Waals surface area contributed by atoms with Crippen LogP contribution in [0.3, 0.4) is 0 Å². The van der Waals surface area contributed by atoms with Crippen molar-refractivity contribution in [1.29, 1.82) is 0 Å². The molecule has 31 heavy (non-hydrogen) atoms. The number of esters is 1. The predicted molar refractivity (Wildman–Crippen MR) is 113 cm³/mol. The van der Waals surface area contributed by atoms with Crippen LogP contribution in [-0.2, 0) is 23.6 Å². The number of nitrogens with zero attached hydrogens (tertiary/aromatic N) is 2. The summed E-state index contributed by atoms with van der Waals surface area (Å²) in [6, 6.07) is 3.34. The quantitative estimate of drug-likeness (QED) is 0.702. The molecule has 2 heterocycles. The van der Waals surface area contributed by atoms with E-state index in [2.05, 4.69) is 5.32 Å². The molecule has 3 rings (SSSR count). The van der Waals surface area contributed by atoms with Crippen LogP contribution in [-0.4, -0.2) is 43.5 Å². The molecule has 0 spiro atoms. The average molecular weight is 431 g/mol. The molecule has 0 fully saturated rings. The number of allylic oxidation sites excluding steroid dienone is 1. The molecule has 1 aliphatic rings. The molecular formula is C21H25N3O7. The van der Waals surface area contributed by atoms with Crippen LogP contribution < -0.4 is 30.8 Å². The zero-order valence-corrected chi connectivity index (χ0v) is 18.5. The van der Waals surface area contributed by atoms with E-state index >= 15 is 0 Å². The number of benzene rings is 1. The molecule has 0 saturated heterocycles. The molecular weight excluding hydrogens is 406 g/mol. The Labute approximate surface area is 178 Å². The summed E-state index contributed by atoms with van der Waals surface area (Å²) in [4.78, 5) is 38.5. The Balaban J connectivity index is 2.46. The second-order valence-corrected chi connectivity index (χ2v) is 7.01. The number of carbonyl (C=O) groups excluding carboxylic acids is 1. The van der Waals surface area contributed by atoms with E-state index in [1.54, 1.807) is 26.1 Å². The lowest BCUT2D eigenvalue weighted by Gasteiger charge is -2.31. The Hall–Kier alpha value is -3.69. The first-order valence-corrected chi connectivity index (χ1v) is 9.37. The number of anilines is 1. The highest BCUT2D eigenvalue weighted by Gasteiger charge is 2.38. The Morgan fingerprint density at radius 1 is 0.968 bits per heavy atom. The summed E-state index contributed by atoms with van der Waals surface area (Å²) in [5.74, 6) is -0.0531. The van der Waals surface area contributed by atoms with Crippen molar-refractivity contribution in [2.24, 2.45) is 14.1 Å². The number of hydrogen-bond donors (Lipinski definition) is 1. The summed E-state index contributed by atoms with van der Waals surface area (Å²) >= 11 is 0. The smallest absolute Gasteiger partial charge is 0.336 e. The van der Waals surface area contributed by atoms with Crippen LogP contribution in [0.15, 0.2) is 33.0 Å². The Morgan fingerprint density at radius 3 is 2.03 bits per heavy atom. The number of ether oxygens (including phenoxy) is 4. The molecule has 0 saturated carbocycles. The van der Waals surface area contributed by atoms with E-state index in [0.717, 1.165) is 4.57 Å². The molecule has 10 heteroatoms. The highest BCUT2D eigenvalue weighted by molar-refractivity contribution is 5.94. The van der Waals surface area contributed by atoms with Crippen molar-refractivity contribution in [2.45, 2.75) is 12.8 Å². The van der Waals surface area contributed by atoms with Crippen molar-refractivity contribution < 1.29 is 23.7 Å². The van der Waals surface area contributed by atoms with Gasteiger partial charge in [-0.2, -0.15) is 0 Å². The number of rotatable bonds is 5. The number of aromatic nitrogens is 2. The molecule has 0 bridgehead atoms. The molecule has 1 aromatic heterocycles. The third kappa shape index (κ3) is 3.33. The van der Waals surface area contributed by atoms with Crippen LogP contribution in [0.1, 0.15) is 24.0 Å². The summed E-state index contributed by atoms with van der Waals surface area (Å²) < 4.78 is 23.6. The SMILES string of the molecule is COC(=O)C1=C(C)Nc2c(c(=O)n(C)c(=O)n2C)C1c1cc(OC)c(OC)c(OC)c1. The summed E-state index contributed by atoms with van der Waals surface area (Å²) in [5, 5.41) is 3.02. The molecule has 166 valence electrons. The van der Waals surface area contributed by atoms with Gasteiger partial charge in [-0.05, 0) is 24.6 Å². The molecule has 1 unspecified atom stereocenters. The maximum absolute atomic E-state index is 13.2. The summed E-state index contributed by atoms with van der Waals surface area (Å²) in [6.07, 6.45) is 0. The third-order valence-corrected chi connectivity index (χ3v) is 5.41. The van der Waals surface area contributed by atoms with Gasteiger partial charge in [-0.3, -0.25) is 13.9 Å². The Morgan fingerprint density at radius 2 is 1.55 bits per heavy atom. The first-order chi connectivity index (χ1) is 14.7. The molecule has 0 aliphatic carbocycles. The highest BCUT2D eigenvalue weighted by Crippen LogP contribution is 2.45. The van der Waals surface area contributed by atoms with E-state index in [9.17, 15) is 14.4 Å². The van der Waals surface area contributed by atoms with Gasteiger partial charge in [-0.25, -0.2) is 9.59 Å². The fraction of sp³-hybridized carbons (Fsp3) is 0.381. The molecule has 1 aliphatic heterocycles. The average Bonchev–Trinajstić information content (AvgIpc) is 2.78. The van der Waals surface area contributed by atoms with Crippen molar-refractivity contribution in [3.8, 4) is 17.2 Å². The molecule has 2 aromatic rings. The highest BCUT2D eigenvalue weighted by atomic mass is 16.5. The fourth-order valence-electron chi connectivity index (χ4n) is 3.87. The largest absolute Gasteiger partial charge is 0.493 e. The van der Waals surface area contributed by atoms with Gasteiger partial charge in [0.05, 0.1) is 45.5 Å². The zero-order chi connectivity index (χ0) is 23.0. The molecule has 1 atom stereocenters.